The molecule has 0 fully saturated rings. The average molecular weight is 532 g/mol. The smallest absolute Gasteiger partial charge is 0.265 e. The predicted molar refractivity (Wildman–Crippen MR) is 130 cm³/mol. The number of halogens is 2. The van der Waals surface area contributed by atoms with Crippen LogP contribution in [-0.4, -0.2) is 25.5 Å². The summed E-state index contributed by atoms with van der Waals surface area (Å²) in [6.45, 7) is 8.33. The number of nitrogens with one attached hydrogen (secondary N) is 1. The first-order valence-corrected chi connectivity index (χ1v) is 11.9. The molecule has 0 atom stereocenters. The molecule has 10 heteroatoms. The number of carbonyl (C=O) groups is 1. The van der Waals surface area contributed by atoms with Gasteiger partial charge in [0.1, 0.15) is 13.3 Å². The van der Waals surface area contributed by atoms with E-state index >= 15 is 0 Å². The number of nitrogens with zero attached hydrogens (tertiary/aromatic N) is 4. The number of aryl methyl sites for hydroxylation is 2. The van der Waals surface area contributed by atoms with Crippen LogP contribution in [0.3, 0.4) is 0 Å². The Morgan fingerprint density at radius 1 is 1.12 bits per heavy atom. The molecule has 0 saturated heterocycles. The third-order valence-electron chi connectivity index (χ3n) is 5.29. The maximum atomic E-state index is 13.7. The molecule has 4 rings (SSSR count). The molecule has 4 aromatic rings. The van der Waals surface area contributed by atoms with Crippen molar-refractivity contribution >= 4 is 38.9 Å². The summed E-state index contributed by atoms with van der Waals surface area (Å²) in [5.41, 5.74) is 4.96. The molecule has 0 bridgehead atoms. The number of amides is 1. The van der Waals surface area contributed by atoms with Gasteiger partial charge in [-0.3, -0.25) is 4.79 Å². The molecule has 0 radical (unpaired) electrons. The summed E-state index contributed by atoms with van der Waals surface area (Å²) in [4.78, 5) is 13.4. The normalized spacial score (nSPS) is 11.1. The van der Waals surface area contributed by atoms with Crippen LogP contribution in [0.5, 0.6) is 5.75 Å². The molecule has 3 heterocycles. The Balaban J connectivity index is 1.44. The van der Waals surface area contributed by atoms with Crippen LogP contribution in [0.1, 0.15) is 38.0 Å². The van der Waals surface area contributed by atoms with Crippen molar-refractivity contribution in [2.45, 2.75) is 41.0 Å². The van der Waals surface area contributed by atoms with Crippen molar-refractivity contribution in [2.75, 3.05) is 5.32 Å². The highest BCUT2D eigenvalue weighted by atomic mass is 79.9. The second kappa shape index (κ2) is 9.48. The molecular formula is C23H23BrFN5O2S. The molecule has 0 aliphatic carbocycles. The number of hydrogen-bond donors (Lipinski definition) is 1. The van der Waals surface area contributed by atoms with Gasteiger partial charge in [0.2, 0.25) is 0 Å². The zero-order valence-electron chi connectivity index (χ0n) is 18.6. The fraction of sp³-hybridized carbons (Fsp3) is 0.261. The molecule has 0 aliphatic rings. The van der Waals surface area contributed by atoms with Crippen LogP contribution in [0.25, 0.3) is 0 Å². The Bertz CT molecular complexity index is 1330. The van der Waals surface area contributed by atoms with Crippen molar-refractivity contribution in [1.29, 1.82) is 0 Å². The van der Waals surface area contributed by atoms with Gasteiger partial charge in [0.05, 0.1) is 37.8 Å². The lowest BCUT2D eigenvalue weighted by Gasteiger charge is -2.08. The number of benzene rings is 1. The summed E-state index contributed by atoms with van der Waals surface area (Å²) >= 11 is 4.85. The second-order valence-corrected chi connectivity index (χ2v) is 9.37. The summed E-state index contributed by atoms with van der Waals surface area (Å²) in [7, 11) is 0. The molecule has 3 aromatic heterocycles. The molecule has 0 spiro atoms. The minimum Gasteiger partial charge on any atom is -0.486 e. The number of anilines is 1. The Kier molecular flexibility index (Phi) is 6.66. The fourth-order valence-electron chi connectivity index (χ4n) is 3.42. The van der Waals surface area contributed by atoms with Gasteiger partial charge in [0.25, 0.3) is 5.91 Å². The van der Waals surface area contributed by atoms with Crippen LogP contribution in [0, 0.1) is 33.5 Å². The minimum absolute atomic E-state index is 0.179. The first-order valence-electron chi connectivity index (χ1n) is 10.2. The average Bonchev–Trinajstić information content (AvgIpc) is 3.43. The van der Waals surface area contributed by atoms with Crippen molar-refractivity contribution in [3.63, 3.8) is 0 Å². The standard InChI is InChI=1S/C23H23BrFN5O2S/c1-13-21(24)15(3)29(27-13)12-30-16(4)22(14(2)28-30)26-23(31)20-9-17(11-33-20)10-32-19-8-6-5-7-18(19)25/h5-9,11H,10,12H2,1-4H3,(H,26,31). The van der Waals surface area contributed by atoms with Crippen LogP contribution in [0.4, 0.5) is 10.1 Å². The molecule has 0 saturated carbocycles. The van der Waals surface area contributed by atoms with E-state index in [1.54, 1.807) is 24.3 Å². The summed E-state index contributed by atoms with van der Waals surface area (Å²) < 4.78 is 23.9. The van der Waals surface area contributed by atoms with E-state index in [1.807, 2.05) is 42.4 Å². The molecule has 7 nitrogen and oxygen atoms in total. The van der Waals surface area contributed by atoms with E-state index in [9.17, 15) is 9.18 Å². The molecule has 33 heavy (non-hydrogen) atoms. The number of carbonyl (C=O) groups excluding carboxylic acids is 1. The predicted octanol–water partition coefficient (Wildman–Crippen LogP) is 5.61. The van der Waals surface area contributed by atoms with Crippen molar-refractivity contribution < 1.29 is 13.9 Å². The number of rotatable bonds is 7. The third-order valence-corrected chi connectivity index (χ3v) is 7.42. The molecule has 1 aromatic carbocycles. The zero-order chi connectivity index (χ0) is 23.7. The number of ether oxygens (including phenoxy) is 1. The Hall–Kier alpha value is -2.98. The van der Waals surface area contributed by atoms with E-state index in [-0.39, 0.29) is 18.3 Å². The third kappa shape index (κ3) is 4.86. The van der Waals surface area contributed by atoms with Gasteiger partial charge in [-0.15, -0.1) is 11.3 Å². The highest BCUT2D eigenvalue weighted by Gasteiger charge is 2.18. The first kappa shape index (κ1) is 23.2. The highest BCUT2D eigenvalue weighted by Crippen LogP contribution is 2.25. The quantitative estimate of drug-likeness (QED) is 0.336. The van der Waals surface area contributed by atoms with Gasteiger partial charge >= 0.3 is 0 Å². The van der Waals surface area contributed by atoms with Gasteiger partial charge < -0.3 is 10.1 Å². The summed E-state index contributed by atoms with van der Waals surface area (Å²) in [6.07, 6.45) is 0. The van der Waals surface area contributed by atoms with Crippen LogP contribution in [0.2, 0.25) is 0 Å². The lowest BCUT2D eigenvalue weighted by atomic mass is 10.3. The molecule has 1 amide bonds. The van der Waals surface area contributed by atoms with Gasteiger partial charge in [0.15, 0.2) is 11.6 Å². The van der Waals surface area contributed by atoms with Crippen LogP contribution < -0.4 is 10.1 Å². The van der Waals surface area contributed by atoms with Crippen LogP contribution in [-0.2, 0) is 13.3 Å². The molecular weight excluding hydrogens is 509 g/mol. The number of hydrogen-bond acceptors (Lipinski definition) is 5. The monoisotopic (exact) mass is 531 g/mol. The van der Waals surface area contributed by atoms with E-state index in [0.29, 0.717) is 17.2 Å². The van der Waals surface area contributed by atoms with Crippen molar-refractivity contribution in [3.05, 3.63) is 79.2 Å². The van der Waals surface area contributed by atoms with E-state index in [2.05, 4.69) is 31.4 Å². The Morgan fingerprint density at radius 3 is 2.52 bits per heavy atom. The maximum Gasteiger partial charge on any atom is 0.265 e. The molecule has 172 valence electrons. The molecule has 0 unspecified atom stereocenters. The highest BCUT2D eigenvalue weighted by molar-refractivity contribution is 9.10. The van der Waals surface area contributed by atoms with E-state index in [0.717, 1.165) is 32.8 Å². The van der Waals surface area contributed by atoms with Crippen LogP contribution >= 0.6 is 27.3 Å². The van der Waals surface area contributed by atoms with Gasteiger partial charge in [0, 0.05) is 5.56 Å². The lowest BCUT2D eigenvalue weighted by molar-refractivity contribution is 0.103. The lowest BCUT2D eigenvalue weighted by Crippen LogP contribution is -2.15. The van der Waals surface area contributed by atoms with Gasteiger partial charge in [-0.05, 0) is 67.2 Å². The summed E-state index contributed by atoms with van der Waals surface area (Å²) in [5.74, 6) is -0.457. The van der Waals surface area contributed by atoms with Crippen molar-refractivity contribution in [3.8, 4) is 5.75 Å². The molecule has 1 N–H and O–H groups in total. The number of thiophene rings is 1. The van der Waals surface area contributed by atoms with E-state index in [1.165, 1.54) is 17.4 Å². The first-order chi connectivity index (χ1) is 15.7. The van der Waals surface area contributed by atoms with Gasteiger partial charge in [-0.2, -0.15) is 10.2 Å². The van der Waals surface area contributed by atoms with Gasteiger partial charge in [-0.25, -0.2) is 13.8 Å². The zero-order valence-corrected chi connectivity index (χ0v) is 21.1. The van der Waals surface area contributed by atoms with Gasteiger partial charge in [-0.1, -0.05) is 12.1 Å². The topological polar surface area (TPSA) is 74.0 Å². The summed E-state index contributed by atoms with van der Waals surface area (Å²) in [5, 5.41) is 13.9. The summed E-state index contributed by atoms with van der Waals surface area (Å²) in [6, 6.07) is 7.99. The SMILES string of the molecule is Cc1nn(Cn2nc(C)c(NC(=O)c3cc(COc4ccccc4F)cs3)c2C)c(C)c1Br. The van der Waals surface area contributed by atoms with Crippen molar-refractivity contribution in [2.24, 2.45) is 0 Å². The second-order valence-electron chi connectivity index (χ2n) is 7.66. The molecule has 0 aliphatic heterocycles. The largest absolute Gasteiger partial charge is 0.486 e. The van der Waals surface area contributed by atoms with E-state index < -0.39 is 5.82 Å². The maximum absolute atomic E-state index is 13.7. The van der Waals surface area contributed by atoms with Crippen molar-refractivity contribution in [1.82, 2.24) is 19.6 Å². The minimum atomic E-state index is -0.415. The number of aromatic nitrogens is 4. The van der Waals surface area contributed by atoms with E-state index in [4.69, 9.17) is 4.74 Å². The Labute approximate surface area is 203 Å². The number of para-hydroxylation sites is 1. The van der Waals surface area contributed by atoms with Crippen LogP contribution in [0.15, 0.2) is 40.2 Å². The Morgan fingerprint density at radius 2 is 1.82 bits per heavy atom. The fourth-order valence-corrected chi connectivity index (χ4v) is 4.50.